The van der Waals surface area contributed by atoms with Gasteiger partial charge in [-0.25, -0.2) is 4.98 Å². The number of rotatable bonds is 5. The molecule has 3 heterocycles. The molecule has 1 aromatic heterocycles. The number of hydrogen-bond donors (Lipinski definition) is 0. The maximum Gasteiger partial charge on any atom is 0.255 e. The lowest BCUT2D eigenvalue weighted by Crippen LogP contribution is -2.49. The molecule has 2 fully saturated rings. The minimum Gasteiger partial charge on any atom is -0.496 e. The summed E-state index contributed by atoms with van der Waals surface area (Å²) in [4.78, 5) is 22.0. The molecule has 0 unspecified atom stereocenters. The van der Waals surface area contributed by atoms with Gasteiger partial charge in [0.25, 0.3) is 5.91 Å². The van der Waals surface area contributed by atoms with Crippen LogP contribution in [0.3, 0.4) is 0 Å². The fourth-order valence-corrected chi connectivity index (χ4v) is 5.25. The monoisotopic (exact) mass is 411 g/mol. The molecule has 1 aromatic carbocycles. The Balaban J connectivity index is 1.47. The average molecular weight is 412 g/mol. The highest BCUT2D eigenvalue weighted by atomic mass is 32.2. The van der Waals surface area contributed by atoms with E-state index in [1.165, 1.54) is 16.7 Å². The highest BCUT2D eigenvalue weighted by Gasteiger charge is 2.47. The summed E-state index contributed by atoms with van der Waals surface area (Å²) in [6, 6.07) is 9.12. The van der Waals surface area contributed by atoms with Crippen molar-refractivity contribution in [3.05, 3.63) is 52.7 Å². The molecule has 2 saturated heterocycles. The maximum absolute atomic E-state index is 13.0. The fourth-order valence-electron chi connectivity index (χ4n) is 4.88. The third-order valence-corrected chi connectivity index (χ3v) is 7.34. The van der Waals surface area contributed by atoms with Gasteiger partial charge in [0.15, 0.2) is 0 Å². The average Bonchev–Trinajstić information content (AvgIpc) is 3.36. The molecule has 0 aliphatic carbocycles. The van der Waals surface area contributed by atoms with Crippen molar-refractivity contribution in [3.8, 4) is 5.75 Å². The number of ether oxygens (including phenoxy) is 1. The molecule has 6 heteroatoms. The van der Waals surface area contributed by atoms with Gasteiger partial charge in [0.2, 0.25) is 0 Å². The van der Waals surface area contributed by atoms with Gasteiger partial charge in [0, 0.05) is 37.4 Å². The molecule has 3 atom stereocenters. The molecular weight excluding hydrogens is 382 g/mol. The van der Waals surface area contributed by atoms with Crippen molar-refractivity contribution in [2.75, 3.05) is 26.5 Å². The van der Waals surface area contributed by atoms with E-state index in [0.717, 1.165) is 30.3 Å². The van der Waals surface area contributed by atoms with Crippen LogP contribution in [0.1, 0.15) is 46.4 Å². The zero-order valence-corrected chi connectivity index (χ0v) is 18.6. The molecule has 2 aliphatic heterocycles. The number of aromatic nitrogens is 1. The SMILES string of the molecule is COc1ccc([C@H](C)N2C[C@@H]3C[C@H]2CN3C(=O)c2ccc(SC)nc2)c(C)c1C. The van der Waals surface area contributed by atoms with Gasteiger partial charge in [-0.2, -0.15) is 0 Å². The Morgan fingerprint density at radius 1 is 1.17 bits per heavy atom. The van der Waals surface area contributed by atoms with Crippen LogP contribution in [0.5, 0.6) is 5.75 Å². The number of fused-ring (bicyclic) bond motifs is 2. The summed E-state index contributed by atoms with van der Waals surface area (Å²) in [6.45, 7) is 8.31. The minimum absolute atomic E-state index is 0.112. The number of benzene rings is 1. The van der Waals surface area contributed by atoms with Crippen LogP contribution < -0.4 is 4.74 Å². The van der Waals surface area contributed by atoms with E-state index in [9.17, 15) is 4.79 Å². The second-order valence-corrected chi connectivity index (χ2v) is 8.90. The van der Waals surface area contributed by atoms with Crippen molar-refractivity contribution in [2.24, 2.45) is 0 Å². The van der Waals surface area contributed by atoms with E-state index in [0.29, 0.717) is 17.6 Å². The van der Waals surface area contributed by atoms with Crippen LogP contribution in [-0.4, -0.2) is 59.2 Å². The molecule has 5 nitrogen and oxygen atoms in total. The first-order valence-electron chi connectivity index (χ1n) is 10.2. The van der Waals surface area contributed by atoms with E-state index < -0.39 is 0 Å². The Hall–Kier alpha value is -2.05. The molecule has 0 radical (unpaired) electrons. The summed E-state index contributed by atoms with van der Waals surface area (Å²) >= 11 is 1.59. The number of amides is 1. The van der Waals surface area contributed by atoms with Crippen LogP contribution in [0.25, 0.3) is 0 Å². The van der Waals surface area contributed by atoms with Crippen LogP contribution in [0.2, 0.25) is 0 Å². The number of piperazine rings is 1. The number of hydrogen-bond acceptors (Lipinski definition) is 5. The largest absolute Gasteiger partial charge is 0.496 e. The number of nitrogens with zero attached hydrogens (tertiary/aromatic N) is 3. The molecule has 4 rings (SSSR count). The molecule has 29 heavy (non-hydrogen) atoms. The van der Waals surface area contributed by atoms with E-state index in [4.69, 9.17) is 4.74 Å². The number of likely N-dealkylation sites (tertiary alicyclic amines) is 2. The maximum atomic E-state index is 13.0. The Morgan fingerprint density at radius 3 is 2.55 bits per heavy atom. The molecule has 2 aliphatic rings. The minimum atomic E-state index is 0.112. The highest BCUT2D eigenvalue weighted by Crippen LogP contribution is 2.39. The number of thioether (sulfide) groups is 1. The highest BCUT2D eigenvalue weighted by molar-refractivity contribution is 7.98. The predicted molar refractivity (Wildman–Crippen MR) is 117 cm³/mol. The lowest BCUT2D eigenvalue weighted by atomic mass is 9.96. The molecule has 1 amide bonds. The van der Waals surface area contributed by atoms with Crippen molar-refractivity contribution in [3.63, 3.8) is 0 Å². The second-order valence-electron chi connectivity index (χ2n) is 8.07. The number of carbonyl (C=O) groups is 1. The summed E-state index contributed by atoms with van der Waals surface area (Å²) in [5.74, 6) is 1.06. The number of carbonyl (C=O) groups excluding carboxylic acids is 1. The summed E-state index contributed by atoms with van der Waals surface area (Å²) in [5.41, 5.74) is 4.55. The quantitative estimate of drug-likeness (QED) is 0.694. The van der Waals surface area contributed by atoms with Crippen LogP contribution in [0, 0.1) is 13.8 Å². The van der Waals surface area contributed by atoms with Crippen molar-refractivity contribution in [1.82, 2.24) is 14.8 Å². The lowest BCUT2D eigenvalue weighted by Gasteiger charge is -2.38. The predicted octanol–water partition coefficient (Wildman–Crippen LogP) is 4.09. The smallest absolute Gasteiger partial charge is 0.255 e. The van der Waals surface area contributed by atoms with Gasteiger partial charge < -0.3 is 9.64 Å². The summed E-state index contributed by atoms with van der Waals surface area (Å²) in [6.07, 6.45) is 4.76. The number of methoxy groups -OCH3 is 1. The lowest BCUT2D eigenvalue weighted by molar-refractivity contribution is 0.0568. The normalized spacial score (nSPS) is 22.2. The molecule has 2 bridgehead atoms. The summed E-state index contributed by atoms with van der Waals surface area (Å²) < 4.78 is 5.47. The zero-order valence-electron chi connectivity index (χ0n) is 17.8. The molecule has 0 saturated carbocycles. The van der Waals surface area contributed by atoms with E-state index in [-0.39, 0.29) is 11.9 Å². The zero-order chi connectivity index (χ0) is 20.7. The van der Waals surface area contributed by atoms with E-state index in [2.05, 4.69) is 47.7 Å². The molecule has 0 N–H and O–H groups in total. The first-order valence-corrected chi connectivity index (χ1v) is 11.4. The third kappa shape index (κ3) is 3.53. The molecular formula is C23H29N3O2S. The Kier molecular flexibility index (Phi) is 5.58. The number of pyridine rings is 1. The van der Waals surface area contributed by atoms with E-state index in [1.807, 2.05) is 18.4 Å². The van der Waals surface area contributed by atoms with Gasteiger partial charge in [0.05, 0.1) is 17.7 Å². The van der Waals surface area contributed by atoms with Crippen molar-refractivity contribution in [2.45, 2.75) is 50.3 Å². The van der Waals surface area contributed by atoms with Gasteiger partial charge in [-0.05, 0) is 68.3 Å². The topological polar surface area (TPSA) is 45.7 Å². The van der Waals surface area contributed by atoms with Gasteiger partial charge in [-0.1, -0.05) is 6.07 Å². The van der Waals surface area contributed by atoms with Gasteiger partial charge in [0.1, 0.15) is 5.75 Å². The van der Waals surface area contributed by atoms with Crippen LogP contribution in [0.15, 0.2) is 35.5 Å². The third-order valence-electron chi connectivity index (χ3n) is 6.68. The van der Waals surface area contributed by atoms with Gasteiger partial charge in [-0.3, -0.25) is 9.69 Å². The molecule has 2 aromatic rings. The van der Waals surface area contributed by atoms with Crippen molar-refractivity contribution >= 4 is 17.7 Å². The van der Waals surface area contributed by atoms with Gasteiger partial charge in [-0.15, -0.1) is 11.8 Å². The van der Waals surface area contributed by atoms with Crippen LogP contribution in [-0.2, 0) is 0 Å². The standard InChI is InChI=1S/C23H29N3O2S/c1-14-15(2)21(28-4)8-7-20(14)16(3)25-12-19-10-18(25)13-26(19)23(27)17-6-9-22(29-5)24-11-17/h6-9,11,16,18-19H,10,12-13H2,1-5H3/t16-,18-,19-/m0/s1. The summed E-state index contributed by atoms with van der Waals surface area (Å²) in [5, 5.41) is 0.939. The second kappa shape index (κ2) is 8.00. The van der Waals surface area contributed by atoms with E-state index in [1.54, 1.807) is 25.1 Å². The van der Waals surface area contributed by atoms with Gasteiger partial charge >= 0.3 is 0 Å². The van der Waals surface area contributed by atoms with Crippen molar-refractivity contribution < 1.29 is 9.53 Å². The van der Waals surface area contributed by atoms with Crippen molar-refractivity contribution in [1.29, 1.82) is 0 Å². The molecule has 0 spiro atoms. The first-order chi connectivity index (χ1) is 13.9. The van der Waals surface area contributed by atoms with E-state index >= 15 is 0 Å². The Morgan fingerprint density at radius 2 is 1.97 bits per heavy atom. The van der Waals surface area contributed by atoms with Crippen LogP contribution >= 0.6 is 11.8 Å². The first kappa shape index (κ1) is 20.2. The fraction of sp³-hybridized carbons (Fsp3) is 0.478. The molecule has 154 valence electrons. The Bertz CT molecular complexity index is 915. The summed E-state index contributed by atoms with van der Waals surface area (Å²) in [7, 11) is 1.72. The van der Waals surface area contributed by atoms with Crippen LogP contribution in [0.4, 0.5) is 0 Å². The Labute approximate surface area is 177 Å².